The number of para-hydroxylation sites is 1. The van der Waals surface area contributed by atoms with E-state index in [1.807, 2.05) is 32.0 Å². The molecule has 1 N–H and O–H groups in total. The molecule has 0 aliphatic rings. The fourth-order valence-corrected chi connectivity index (χ4v) is 3.01. The molecular formula is C20H20Cl2N2O4. The van der Waals surface area contributed by atoms with Gasteiger partial charge < -0.3 is 15.0 Å². The summed E-state index contributed by atoms with van der Waals surface area (Å²) in [4.78, 5) is 37.6. The summed E-state index contributed by atoms with van der Waals surface area (Å²) in [5.41, 5.74) is 2.71. The molecule has 0 atom stereocenters. The topological polar surface area (TPSA) is 75.7 Å². The number of nitrogens with one attached hydrogen (secondary N) is 1. The number of hydrogen-bond donors (Lipinski definition) is 1. The molecule has 0 spiro atoms. The Morgan fingerprint density at radius 1 is 1.04 bits per heavy atom. The second kappa shape index (κ2) is 9.57. The van der Waals surface area contributed by atoms with Gasteiger partial charge in [-0.25, -0.2) is 4.79 Å². The summed E-state index contributed by atoms with van der Waals surface area (Å²) in [6.45, 7) is 3.10. The van der Waals surface area contributed by atoms with Gasteiger partial charge >= 0.3 is 5.97 Å². The molecule has 0 heterocycles. The van der Waals surface area contributed by atoms with Crippen molar-refractivity contribution in [2.45, 2.75) is 13.8 Å². The van der Waals surface area contributed by atoms with Crippen LogP contribution in [0.3, 0.4) is 0 Å². The zero-order valence-corrected chi connectivity index (χ0v) is 17.2. The van der Waals surface area contributed by atoms with Crippen LogP contribution in [0.15, 0.2) is 36.4 Å². The first-order chi connectivity index (χ1) is 13.2. The van der Waals surface area contributed by atoms with Crippen LogP contribution in [0.1, 0.15) is 21.5 Å². The maximum absolute atomic E-state index is 12.2. The summed E-state index contributed by atoms with van der Waals surface area (Å²) in [5.74, 6) is -1.59. The van der Waals surface area contributed by atoms with Crippen molar-refractivity contribution in [3.63, 3.8) is 0 Å². The number of esters is 1. The largest absolute Gasteiger partial charge is 0.452 e. The van der Waals surface area contributed by atoms with Gasteiger partial charge in [0.25, 0.3) is 5.91 Å². The number of anilines is 1. The Labute approximate surface area is 173 Å². The molecule has 2 rings (SSSR count). The van der Waals surface area contributed by atoms with Crippen LogP contribution in [0.5, 0.6) is 0 Å². The van der Waals surface area contributed by atoms with Crippen molar-refractivity contribution in [1.29, 1.82) is 0 Å². The highest BCUT2D eigenvalue weighted by molar-refractivity contribution is 6.35. The molecule has 0 saturated heterocycles. The van der Waals surface area contributed by atoms with Gasteiger partial charge in [0.1, 0.15) is 0 Å². The van der Waals surface area contributed by atoms with E-state index in [0.717, 1.165) is 16.8 Å². The predicted octanol–water partition coefficient (Wildman–Crippen LogP) is 3.86. The number of rotatable bonds is 6. The van der Waals surface area contributed by atoms with Gasteiger partial charge in [-0.05, 0) is 43.2 Å². The van der Waals surface area contributed by atoms with E-state index in [1.54, 1.807) is 0 Å². The molecule has 0 fully saturated rings. The normalized spacial score (nSPS) is 10.3. The Hall–Kier alpha value is -2.57. The molecule has 28 heavy (non-hydrogen) atoms. The lowest BCUT2D eigenvalue weighted by Crippen LogP contribution is -2.37. The number of benzene rings is 2. The zero-order chi connectivity index (χ0) is 20.8. The van der Waals surface area contributed by atoms with Crippen LogP contribution in [0, 0.1) is 13.8 Å². The molecular weight excluding hydrogens is 403 g/mol. The minimum absolute atomic E-state index is 0.140. The van der Waals surface area contributed by atoms with E-state index in [-0.39, 0.29) is 28.1 Å². The summed E-state index contributed by atoms with van der Waals surface area (Å²) >= 11 is 11.7. The van der Waals surface area contributed by atoms with Gasteiger partial charge in [0.2, 0.25) is 5.91 Å². The molecule has 0 saturated carbocycles. The van der Waals surface area contributed by atoms with Gasteiger partial charge in [-0.1, -0.05) is 41.4 Å². The Morgan fingerprint density at radius 2 is 1.61 bits per heavy atom. The van der Waals surface area contributed by atoms with Crippen LogP contribution in [0.4, 0.5) is 5.69 Å². The highest BCUT2D eigenvalue weighted by Gasteiger charge is 2.17. The fourth-order valence-electron chi connectivity index (χ4n) is 2.49. The SMILES string of the molecule is Cc1cccc(C)c1NC(=O)CN(C)C(=O)COC(=O)c1cc(Cl)cc(Cl)c1. The Bertz CT molecular complexity index is 875. The lowest BCUT2D eigenvalue weighted by Gasteiger charge is -2.18. The van der Waals surface area contributed by atoms with Crippen molar-refractivity contribution in [1.82, 2.24) is 4.90 Å². The summed E-state index contributed by atoms with van der Waals surface area (Å²) < 4.78 is 4.98. The molecule has 2 aromatic rings. The first kappa shape index (κ1) is 21.7. The van der Waals surface area contributed by atoms with Crippen molar-refractivity contribution < 1.29 is 19.1 Å². The van der Waals surface area contributed by atoms with E-state index in [9.17, 15) is 14.4 Å². The lowest BCUT2D eigenvalue weighted by atomic mass is 10.1. The number of amides is 2. The monoisotopic (exact) mass is 422 g/mol. The van der Waals surface area contributed by atoms with Gasteiger partial charge in [0.05, 0.1) is 12.1 Å². The van der Waals surface area contributed by atoms with Crippen LogP contribution in [-0.2, 0) is 14.3 Å². The van der Waals surface area contributed by atoms with Gasteiger partial charge in [-0.2, -0.15) is 0 Å². The number of nitrogens with zero attached hydrogens (tertiary/aromatic N) is 1. The van der Waals surface area contributed by atoms with Crippen molar-refractivity contribution in [2.24, 2.45) is 0 Å². The highest BCUT2D eigenvalue weighted by atomic mass is 35.5. The minimum atomic E-state index is -0.730. The molecule has 148 valence electrons. The van der Waals surface area contributed by atoms with Crippen molar-refractivity contribution in [3.8, 4) is 0 Å². The molecule has 0 unspecified atom stereocenters. The molecule has 0 aliphatic carbocycles. The fraction of sp³-hybridized carbons (Fsp3) is 0.250. The molecule has 2 amide bonds. The molecule has 8 heteroatoms. The molecule has 0 bridgehead atoms. The summed E-state index contributed by atoms with van der Waals surface area (Å²) in [7, 11) is 1.46. The highest BCUT2D eigenvalue weighted by Crippen LogP contribution is 2.20. The number of aryl methyl sites for hydroxylation is 2. The van der Waals surface area contributed by atoms with E-state index in [4.69, 9.17) is 27.9 Å². The Kier molecular flexibility index (Phi) is 7.43. The van der Waals surface area contributed by atoms with Crippen LogP contribution in [0.25, 0.3) is 0 Å². The number of ether oxygens (including phenoxy) is 1. The maximum Gasteiger partial charge on any atom is 0.338 e. The smallest absolute Gasteiger partial charge is 0.338 e. The Morgan fingerprint density at radius 3 is 2.18 bits per heavy atom. The maximum atomic E-state index is 12.2. The number of carbonyl (C=O) groups excluding carboxylic acids is 3. The number of halogens is 2. The average Bonchev–Trinajstić information content (AvgIpc) is 2.61. The predicted molar refractivity (Wildman–Crippen MR) is 109 cm³/mol. The van der Waals surface area contributed by atoms with Crippen LogP contribution in [-0.4, -0.2) is 42.9 Å². The quantitative estimate of drug-likeness (QED) is 0.716. The van der Waals surface area contributed by atoms with E-state index < -0.39 is 18.5 Å². The first-order valence-electron chi connectivity index (χ1n) is 8.40. The van der Waals surface area contributed by atoms with Crippen molar-refractivity contribution in [2.75, 3.05) is 25.5 Å². The third kappa shape index (κ3) is 5.97. The van der Waals surface area contributed by atoms with Crippen LogP contribution >= 0.6 is 23.2 Å². The minimum Gasteiger partial charge on any atom is -0.452 e. The summed E-state index contributed by atoms with van der Waals surface area (Å²) in [5, 5.41) is 3.36. The first-order valence-corrected chi connectivity index (χ1v) is 9.16. The van der Waals surface area contributed by atoms with Gasteiger partial charge in [0.15, 0.2) is 6.61 Å². The third-order valence-corrected chi connectivity index (χ3v) is 4.41. The Balaban J connectivity index is 1.88. The van der Waals surface area contributed by atoms with Crippen LogP contribution < -0.4 is 5.32 Å². The van der Waals surface area contributed by atoms with Gasteiger partial charge in [-0.3, -0.25) is 9.59 Å². The van der Waals surface area contributed by atoms with E-state index in [0.29, 0.717) is 0 Å². The lowest BCUT2D eigenvalue weighted by molar-refractivity contribution is -0.136. The second-order valence-electron chi connectivity index (χ2n) is 6.30. The van der Waals surface area contributed by atoms with Gasteiger partial charge in [0, 0.05) is 22.8 Å². The van der Waals surface area contributed by atoms with Crippen molar-refractivity contribution >= 4 is 46.7 Å². The van der Waals surface area contributed by atoms with Gasteiger partial charge in [-0.15, -0.1) is 0 Å². The number of hydrogen-bond acceptors (Lipinski definition) is 4. The van der Waals surface area contributed by atoms with E-state index >= 15 is 0 Å². The van der Waals surface area contributed by atoms with E-state index in [1.165, 1.54) is 30.1 Å². The van der Waals surface area contributed by atoms with Crippen LogP contribution in [0.2, 0.25) is 10.0 Å². The zero-order valence-electron chi connectivity index (χ0n) is 15.7. The standard InChI is InChI=1S/C20H20Cl2N2O4/c1-12-5-4-6-13(2)19(12)23-17(25)10-24(3)18(26)11-28-20(27)14-7-15(21)9-16(22)8-14/h4-9H,10-11H2,1-3H3,(H,23,25). The number of likely N-dealkylation sites (N-methyl/N-ethyl adjacent to an activating group) is 1. The third-order valence-electron chi connectivity index (χ3n) is 3.98. The second-order valence-corrected chi connectivity index (χ2v) is 7.17. The molecule has 0 aromatic heterocycles. The molecule has 0 radical (unpaired) electrons. The van der Waals surface area contributed by atoms with Crippen molar-refractivity contribution in [3.05, 3.63) is 63.1 Å². The van der Waals surface area contributed by atoms with E-state index in [2.05, 4.69) is 5.32 Å². The number of carbonyl (C=O) groups is 3. The summed E-state index contributed by atoms with van der Waals surface area (Å²) in [6, 6.07) is 9.94. The molecule has 2 aromatic carbocycles. The average molecular weight is 423 g/mol. The molecule has 0 aliphatic heterocycles. The molecule has 6 nitrogen and oxygen atoms in total. The summed E-state index contributed by atoms with van der Waals surface area (Å²) in [6.07, 6.45) is 0.